The fourth-order valence-electron chi connectivity index (χ4n) is 7.22. The number of carbonyl (C=O) groups is 2. The molecule has 3 aliphatic rings. The van der Waals surface area contributed by atoms with Crippen molar-refractivity contribution >= 4 is 34.5 Å². The summed E-state index contributed by atoms with van der Waals surface area (Å²) >= 11 is 0. The zero-order chi connectivity index (χ0) is 35.0. The van der Waals surface area contributed by atoms with E-state index in [9.17, 15) is 9.59 Å². The minimum atomic E-state index is -0.516. The van der Waals surface area contributed by atoms with E-state index < -0.39 is 5.41 Å². The van der Waals surface area contributed by atoms with Crippen LogP contribution in [0.2, 0.25) is 0 Å². The second-order valence-electron chi connectivity index (χ2n) is 13.8. The second-order valence-corrected chi connectivity index (χ2v) is 13.8. The van der Waals surface area contributed by atoms with E-state index in [0.717, 1.165) is 36.1 Å². The van der Waals surface area contributed by atoms with Crippen LogP contribution in [0.15, 0.2) is 73.2 Å². The molecule has 0 saturated carbocycles. The molecule has 50 heavy (non-hydrogen) atoms. The van der Waals surface area contributed by atoms with Crippen molar-refractivity contribution in [2.75, 3.05) is 49.9 Å². The fraction of sp³-hybridized carbons (Fsp3) is 0.368. The molecular weight excluding hydrogens is 630 g/mol. The Morgan fingerprint density at radius 2 is 1.80 bits per heavy atom. The molecule has 3 aliphatic heterocycles. The number of amides is 2. The normalized spacial score (nSPS) is 19.4. The number of aryl methyl sites for hydroxylation is 1. The lowest BCUT2D eigenvalue weighted by atomic mass is 9.85. The number of anilines is 2. The van der Waals surface area contributed by atoms with Crippen molar-refractivity contribution < 1.29 is 14.3 Å². The summed E-state index contributed by atoms with van der Waals surface area (Å²) in [6.07, 6.45) is 7.68. The number of nitrogens with one attached hydrogen (secondary N) is 1. The van der Waals surface area contributed by atoms with Gasteiger partial charge in [-0.3, -0.25) is 24.6 Å². The van der Waals surface area contributed by atoms with E-state index in [1.54, 1.807) is 35.4 Å². The molecule has 1 atom stereocenters. The molecule has 7 rings (SSSR count). The molecule has 3 N–H and O–H groups in total. The maximum Gasteiger partial charge on any atom is 0.237 e. The highest BCUT2D eigenvalue weighted by Crippen LogP contribution is 2.43. The first-order chi connectivity index (χ1) is 24.1. The van der Waals surface area contributed by atoms with Crippen molar-refractivity contribution in [3.8, 4) is 17.3 Å². The molecule has 5 heterocycles. The second kappa shape index (κ2) is 13.5. The van der Waals surface area contributed by atoms with Crippen molar-refractivity contribution in [3.05, 3.63) is 89.9 Å². The third-order valence-electron chi connectivity index (χ3n) is 9.98. The van der Waals surface area contributed by atoms with Gasteiger partial charge in [-0.25, -0.2) is 9.97 Å². The van der Waals surface area contributed by atoms with Crippen LogP contribution in [0, 0.1) is 10.8 Å². The Balaban J connectivity index is 0.951. The Labute approximate surface area is 292 Å². The standard InChI is InChI=1S/C38H43N9O3/c1-25(2)50-33-11-8-29(21-41-33)35(40)31-20-30(9-10-32(31)39)47-19-15-38(37(47)49)14-18-45(23-38)22-34(48)46-16-12-27(13-17-46)26-4-6-28(7-5-26)36-42-24-44(3)43-36/h4-12,20-21,24-25,40H,13-19,22-23,39H2,1-3H3/t38-/m0/s1. The molecular formula is C38H43N9O3. The lowest BCUT2D eigenvalue weighted by Crippen LogP contribution is -2.43. The van der Waals surface area contributed by atoms with E-state index >= 15 is 0 Å². The van der Waals surface area contributed by atoms with Gasteiger partial charge in [0.05, 0.1) is 23.8 Å². The third-order valence-corrected chi connectivity index (χ3v) is 9.98. The summed E-state index contributed by atoms with van der Waals surface area (Å²) in [4.78, 5) is 41.9. The molecule has 0 aliphatic carbocycles. The van der Waals surface area contributed by atoms with Gasteiger partial charge in [-0.05, 0) is 75.1 Å². The topological polar surface area (TPSA) is 147 Å². The van der Waals surface area contributed by atoms with Gasteiger partial charge in [0, 0.05) is 73.6 Å². The van der Waals surface area contributed by atoms with E-state index in [2.05, 4.69) is 38.2 Å². The zero-order valence-electron chi connectivity index (χ0n) is 28.8. The van der Waals surface area contributed by atoms with Crippen molar-refractivity contribution in [1.82, 2.24) is 29.5 Å². The Bertz CT molecular complexity index is 1950. The van der Waals surface area contributed by atoms with Crippen molar-refractivity contribution in [2.45, 2.75) is 39.2 Å². The van der Waals surface area contributed by atoms with Crippen LogP contribution in [-0.2, 0) is 16.6 Å². The van der Waals surface area contributed by atoms with Gasteiger partial charge in [0.15, 0.2) is 5.82 Å². The monoisotopic (exact) mass is 673 g/mol. The Morgan fingerprint density at radius 3 is 2.48 bits per heavy atom. The van der Waals surface area contributed by atoms with Crippen LogP contribution in [0.3, 0.4) is 0 Å². The average Bonchev–Trinajstić information content (AvgIpc) is 3.83. The Morgan fingerprint density at radius 1 is 1.02 bits per heavy atom. The first-order valence-electron chi connectivity index (χ1n) is 17.2. The number of rotatable bonds is 9. The summed E-state index contributed by atoms with van der Waals surface area (Å²) in [5, 5.41) is 13.2. The molecule has 258 valence electrons. The number of hydrogen-bond acceptors (Lipinski definition) is 9. The van der Waals surface area contributed by atoms with Crippen LogP contribution in [0.25, 0.3) is 17.0 Å². The number of nitrogens with zero attached hydrogens (tertiary/aromatic N) is 7. The van der Waals surface area contributed by atoms with Gasteiger partial charge < -0.3 is 20.3 Å². The van der Waals surface area contributed by atoms with Gasteiger partial charge in [0.2, 0.25) is 17.7 Å². The zero-order valence-corrected chi connectivity index (χ0v) is 28.8. The number of nitrogen functional groups attached to an aromatic ring is 1. The maximum atomic E-state index is 14.0. The highest BCUT2D eigenvalue weighted by atomic mass is 16.5. The highest BCUT2D eigenvalue weighted by molar-refractivity contribution is 6.14. The summed E-state index contributed by atoms with van der Waals surface area (Å²) in [5.41, 5.74) is 11.7. The van der Waals surface area contributed by atoms with Crippen molar-refractivity contribution in [2.24, 2.45) is 12.5 Å². The van der Waals surface area contributed by atoms with Crippen molar-refractivity contribution in [3.63, 3.8) is 0 Å². The Hall–Kier alpha value is -5.36. The number of hydrogen-bond donors (Lipinski definition) is 2. The third kappa shape index (κ3) is 6.62. The number of carbonyl (C=O) groups excluding carboxylic acids is 2. The SMILES string of the molecule is CC(C)Oc1ccc(C(=N)c2cc(N3CC[C@]4(CCN(CC(=O)N5CC=C(c6ccc(-c7ncn(C)n7)cc6)CC5)C4)C3=O)ccc2N)cn1. The van der Waals surface area contributed by atoms with E-state index in [1.807, 2.05) is 55.0 Å². The summed E-state index contributed by atoms with van der Waals surface area (Å²) in [6.45, 7) is 7.27. The van der Waals surface area contributed by atoms with E-state index in [1.165, 1.54) is 5.57 Å². The van der Waals surface area contributed by atoms with Crippen LogP contribution in [0.5, 0.6) is 5.88 Å². The minimum absolute atomic E-state index is 0.00191. The quantitative estimate of drug-likeness (QED) is 0.196. The molecule has 0 unspecified atom stereocenters. The van der Waals surface area contributed by atoms with Gasteiger partial charge in [0.1, 0.15) is 6.33 Å². The molecule has 2 fully saturated rings. The number of benzene rings is 2. The minimum Gasteiger partial charge on any atom is -0.475 e. The van der Waals surface area contributed by atoms with E-state index in [4.69, 9.17) is 15.9 Å². The Kier molecular flexibility index (Phi) is 8.96. The molecule has 12 nitrogen and oxygen atoms in total. The predicted molar refractivity (Wildman–Crippen MR) is 193 cm³/mol. The van der Waals surface area contributed by atoms with Gasteiger partial charge >= 0.3 is 0 Å². The molecule has 1 spiro atoms. The van der Waals surface area contributed by atoms with Gasteiger partial charge in [-0.15, -0.1) is 0 Å². The molecule has 2 saturated heterocycles. The fourth-order valence-corrected chi connectivity index (χ4v) is 7.22. The molecule has 0 radical (unpaired) electrons. The first-order valence-corrected chi connectivity index (χ1v) is 17.2. The number of nitrogens with two attached hydrogens (primary N) is 1. The van der Waals surface area contributed by atoms with Crippen LogP contribution < -0.4 is 15.4 Å². The number of aromatic nitrogens is 4. The van der Waals surface area contributed by atoms with Gasteiger partial charge in [-0.2, -0.15) is 5.10 Å². The summed E-state index contributed by atoms with van der Waals surface area (Å²) in [5.74, 6) is 1.37. The number of pyridine rings is 1. The van der Waals surface area contributed by atoms with Gasteiger partial charge in [-0.1, -0.05) is 30.3 Å². The van der Waals surface area contributed by atoms with Crippen LogP contribution in [0.1, 0.15) is 49.8 Å². The van der Waals surface area contributed by atoms with Crippen molar-refractivity contribution in [1.29, 1.82) is 5.41 Å². The van der Waals surface area contributed by atoms with Crippen LogP contribution >= 0.6 is 0 Å². The maximum absolute atomic E-state index is 14.0. The predicted octanol–water partition coefficient (Wildman–Crippen LogP) is 4.41. The molecule has 2 aromatic heterocycles. The van der Waals surface area contributed by atoms with Crippen LogP contribution in [-0.4, -0.2) is 92.4 Å². The highest BCUT2D eigenvalue weighted by Gasteiger charge is 2.51. The van der Waals surface area contributed by atoms with E-state index in [-0.39, 0.29) is 23.6 Å². The molecule has 12 heteroatoms. The lowest BCUT2D eigenvalue weighted by molar-refractivity contribution is -0.132. The average molecular weight is 674 g/mol. The largest absolute Gasteiger partial charge is 0.475 e. The van der Waals surface area contributed by atoms with Crippen LogP contribution in [0.4, 0.5) is 11.4 Å². The summed E-state index contributed by atoms with van der Waals surface area (Å²) in [7, 11) is 1.85. The molecule has 2 amide bonds. The first kappa shape index (κ1) is 33.2. The lowest BCUT2D eigenvalue weighted by Gasteiger charge is -2.29. The smallest absolute Gasteiger partial charge is 0.237 e. The molecule has 0 bridgehead atoms. The van der Waals surface area contributed by atoms with Gasteiger partial charge in [0.25, 0.3) is 0 Å². The summed E-state index contributed by atoms with van der Waals surface area (Å²) in [6, 6.07) is 17.2. The molecule has 4 aromatic rings. The van der Waals surface area contributed by atoms with E-state index in [0.29, 0.717) is 67.8 Å². The number of ether oxygens (including phenoxy) is 1. The number of likely N-dealkylation sites (tertiary alicyclic amines) is 1. The summed E-state index contributed by atoms with van der Waals surface area (Å²) < 4.78 is 7.33. The molecule has 2 aromatic carbocycles.